The van der Waals surface area contributed by atoms with Crippen LogP contribution in [0.1, 0.15) is 57.6 Å². The standard InChI is InChI=1S/C33H43N11O4/c1-23(45-3)10-13-47-32-30(21-44(39-32)29-8-6-28(7-9-29)42-11-14-46-15-12-42)38-33-35-18-27(19-36-33)25-4-5-26(17-34)31(16-25)48-24(2)20-43-22-37-40-41-43/h4-5,16,18-19,21-24,28-29H,6-15,20H2,1-3H3,(H,35,36,38)/t23?,24-,28?,29?/m0/s1. The molecule has 4 aromatic rings. The number of anilines is 2. The molecule has 2 aliphatic rings. The highest BCUT2D eigenvalue weighted by Crippen LogP contribution is 2.35. The number of tetrazole rings is 1. The van der Waals surface area contributed by atoms with Crippen LogP contribution in [0, 0.1) is 11.3 Å². The molecule has 15 nitrogen and oxygen atoms in total. The molecule has 4 heterocycles. The van der Waals surface area contributed by atoms with E-state index in [1.165, 1.54) is 6.33 Å². The fraction of sp³-hybridized carbons (Fsp3) is 0.545. The lowest BCUT2D eigenvalue weighted by molar-refractivity contribution is 0.00502. The maximum atomic E-state index is 9.66. The number of benzene rings is 1. The van der Waals surface area contributed by atoms with Gasteiger partial charge in [0.15, 0.2) is 0 Å². The summed E-state index contributed by atoms with van der Waals surface area (Å²) in [7, 11) is 1.70. The fourth-order valence-corrected chi connectivity index (χ4v) is 6.16. The third-order valence-electron chi connectivity index (χ3n) is 8.96. The summed E-state index contributed by atoms with van der Waals surface area (Å²) in [4.78, 5) is 11.8. The summed E-state index contributed by atoms with van der Waals surface area (Å²) in [5, 5.41) is 29.1. The van der Waals surface area contributed by atoms with Crippen LogP contribution >= 0.6 is 0 Å². The first kappa shape index (κ1) is 33.3. The molecular weight excluding hydrogens is 614 g/mol. The lowest BCUT2D eigenvalue weighted by Gasteiger charge is -2.38. The van der Waals surface area contributed by atoms with E-state index in [4.69, 9.17) is 24.0 Å². The Morgan fingerprint density at radius 3 is 2.52 bits per heavy atom. The highest BCUT2D eigenvalue weighted by Gasteiger charge is 2.29. The van der Waals surface area contributed by atoms with Gasteiger partial charge in [0, 0.05) is 50.6 Å². The second kappa shape index (κ2) is 16.0. The quantitative estimate of drug-likeness (QED) is 0.207. The van der Waals surface area contributed by atoms with Gasteiger partial charge in [0.2, 0.25) is 5.95 Å². The van der Waals surface area contributed by atoms with Crippen LogP contribution in [0.4, 0.5) is 11.6 Å². The Kier molecular flexibility index (Phi) is 11.1. The van der Waals surface area contributed by atoms with Gasteiger partial charge in [-0.2, -0.15) is 5.26 Å². The van der Waals surface area contributed by atoms with Gasteiger partial charge in [-0.3, -0.25) is 9.58 Å². The van der Waals surface area contributed by atoms with Gasteiger partial charge in [-0.1, -0.05) is 6.07 Å². The molecule has 6 rings (SSSR count). The number of rotatable bonds is 14. The van der Waals surface area contributed by atoms with Crippen molar-refractivity contribution in [2.24, 2.45) is 0 Å². The Morgan fingerprint density at radius 1 is 1.04 bits per heavy atom. The molecule has 254 valence electrons. The molecule has 1 unspecified atom stereocenters. The van der Waals surface area contributed by atoms with Crippen molar-refractivity contribution in [3.63, 3.8) is 0 Å². The zero-order valence-corrected chi connectivity index (χ0v) is 27.7. The summed E-state index contributed by atoms with van der Waals surface area (Å²) < 4.78 is 26.8. The minimum absolute atomic E-state index is 0.0807. The number of nitrogens with one attached hydrogen (secondary N) is 1. The molecule has 48 heavy (non-hydrogen) atoms. The van der Waals surface area contributed by atoms with Gasteiger partial charge < -0.3 is 24.3 Å². The van der Waals surface area contributed by atoms with E-state index in [-0.39, 0.29) is 12.2 Å². The van der Waals surface area contributed by atoms with Crippen molar-refractivity contribution in [2.75, 3.05) is 45.3 Å². The average Bonchev–Trinajstić information content (AvgIpc) is 3.79. The Labute approximate surface area is 280 Å². The van der Waals surface area contributed by atoms with Crippen molar-refractivity contribution in [3.05, 3.63) is 48.7 Å². The van der Waals surface area contributed by atoms with Crippen molar-refractivity contribution in [1.82, 2.24) is 44.9 Å². The normalized spacial score (nSPS) is 19.7. The first-order chi connectivity index (χ1) is 23.5. The van der Waals surface area contributed by atoms with E-state index in [1.54, 1.807) is 30.3 Å². The molecular formula is C33H43N11O4. The van der Waals surface area contributed by atoms with Crippen molar-refractivity contribution in [2.45, 2.75) is 76.8 Å². The van der Waals surface area contributed by atoms with Crippen LogP contribution in [0.2, 0.25) is 0 Å². The molecule has 1 saturated carbocycles. The molecule has 1 aromatic carbocycles. The maximum absolute atomic E-state index is 9.66. The zero-order valence-electron chi connectivity index (χ0n) is 27.7. The van der Waals surface area contributed by atoms with E-state index >= 15 is 0 Å². The summed E-state index contributed by atoms with van der Waals surface area (Å²) in [6, 6.07) is 8.52. The Hall–Kier alpha value is -4.65. The molecule has 15 heteroatoms. The Morgan fingerprint density at radius 2 is 1.81 bits per heavy atom. The third kappa shape index (κ3) is 8.43. The summed E-state index contributed by atoms with van der Waals surface area (Å²) in [6.07, 6.45) is 12.0. The number of nitrogens with zero attached hydrogens (tertiary/aromatic N) is 10. The van der Waals surface area contributed by atoms with Crippen LogP contribution in [0.25, 0.3) is 11.1 Å². The van der Waals surface area contributed by atoms with Crippen LogP contribution in [0.3, 0.4) is 0 Å². The average molecular weight is 658 g/mol. The van der Waals surface area contributed by atoms with Crippen LogP contribution in [0.5, 0.6) is 11.6 Å². The van der Waals surface area contributed by atoms with Gasteiger partial charge in [0.05, 0.1) is 50.3 Å². The van der Waals surface area contributed by atoms with E-state index < -0.39 is 0 Å². The van der Waals surface area contributed by atoms with Crippen LogP contribution in [-0.2, 0) is 16.0 Å². The lowest BCUT2D eigenvalue weighted by Crippen LogP contribution is -2.45. The van der Waals surface area contributed by atoms with E-state index in [9.17, 15) is 5.26 Å². The SMILES string of the molecule is COC(C)CCOc1nn(C2CCC(N3CCOCC3)CC2)cc1Nc1ncc(-c2ccc(C#N)c(O[C@@H](C)Cn3cnnn3)c2)cn1. The molecule has 0 bridgehead atoms. The number of ether oxygens (including phenoxy) is 4. The van der Waals surface area contributed by atoms with Crippen LogP contribution in [0.15, 0.2) is 43.1 Å². The van der Waals surface area contributed by atoms with E-state index in [0.29, 0.717) is 54.1 Å². The number of methoxy groups -OCH3 is 1. The number of aromatic nitrogens is 8. The van der Waals surface area contributed by atoms with E-state index in [0.717, 1.165) is 69.5 Å². The van der Waals surface area contributed by atoms with Crippen LogP contribution in [-0.4, -0.2) is 103 Å². The predicted molar refractivity (Wildman–Crippen MR) is 176 cm³/mol. The topological polar surface area (TPSA) is 163 Å². The van der Waals surface area contributed by atoms with Gasteiger partial charge in [0.1, 0.15) is 29.9 Å². The number of nitriles is 1. The fourth-order valence-electron chi connectivity index (χ4n) is 6.16. The molecule has 1 N–H and O–H groups in total. The van der Waals surface area contributed by atoms with Gasteiger partial charge in [-0.15, -0.1) is 10.2 Å². The molecule has 2 atom stereocenters. The zero-order chi connectivity index (χ0) is 33.3. The number of hydrogen-bond acceptors (Lipinski definition) is 13. The minimum atomic E-state index is -0.270. The molecule has 0 amide bonds. The second-order valence-corrected chi connectivity index (χ2v) is 12.3. The minimum Gasteiger partial charge on any atom is -0.487 e. The van der Waals surface area contributed by atoms with Crippen molar-refractivity contribution in [3.8, 4) is 28.8 Å². The largest absolute Gasteiger partial charge is 0.487 e. The van der Waals surface area contributed by atoms with E-state index in [2.05, 4.69) is 41.8 Å². The summed E-state index contributed by atoms with van der Waals surface area (Å²) in [6.45, 7) is 8.51. The number of hydrogen-bond donors (Lipinski definition) is 1. The molecule has 2 fully saturated rings. The van der Waals surface area contributed by atoms with Gasteiger partial charge in [0.25, 0.3) is 5.88 Å². The first-order valence-electron chi connectivity index (χ1n) is 16.6. The van der Waals surface area contributed by atoms with Gasteiger partial charge in [-0.25, -0.2) is 14.6 Å². The Balaban J connectivity index is 1.14. The molecule has 0 radical (unpaired) electrons. The summed E-state index contributed by atoms with van der Waals surface area (Å²) >= 11 is 0. The smallest absolute Gasteiger partial charge is 0.256 e. The van der Waals surface area contributed by atoms with Crippen molar-refractivity contribution < 1.29 is 18.9 Å². The molecule has 1 aliphatic heterocycles. The van der Waals surface area contributed by atoms with Crippen molar-refractivity contribution >= 4 is 11.6 Å². The first-order valence-corrected chi connectivity index (χ1v) is 16.6. The number of morpholine rings is 1. The molecule has 1 saturated heterocycles. The van der Waals surface area contributed by atoms with Gasteiger partial charge >= 0.3 is 0 Å². The predicted octanol–water partition coefficient (Wildman–Crippen LogP) is 4.03. The van der Waals surface area contributed by atoms with Gasteiger partial charge in [-0.05, 0) is 67.7 Å². The van der Waals surface area contributed by atoms with E-state index in [1.807, 2.05) is 36.9 Å². The molecule has 1 aliphatic carbocycles. The van der Waals surface area contributed by atoms with Crippen LogP contribution < -0.4 is 14.8 Å². The monoisotopic (exact) mass is 657 g/mol. The lowest BCUT2D eigenvalue weighted by atomic mass is 9.90. The Bertz CT molecular complexity index is 1630. The summed E-state index contributed by atoms with van der Waals surface area (Å²) in [5.41, 5.74) is 2.75. The highest BCUT2D eigenvalue weighted by atomic mass is 16.5. The molecule has 3 aromatic heterocycles. The van der Waals surface area contributed by atoms with Crippen molar-refractivity contribution in [1.29, 1.82) is 5.26 Å². The highest BCUT2D eigenvalue weighted by molar-refractivity contribution is 5.67. The summed E-state index contributed by atoms with van der Waals surface area (Å²) in [5.74, 6) is 1.41. The maximum Gasteiger partial charge on any atom is 0.256 e. The third-order valence-corrected chi connectivity index (χ3v) is 8.96. The molecule has 0 spiro atoms. The second-order valence-electron chi connectivity index (χ2n) is 12.3.